The quantitative estimate of drug-likeness (QED) is 0.743. The van der Waals surface area contributed by atoms with Crippen LogP contribution < -0.4 is 10.9 Å². The Kier molecular flexibility index (Phi) is 6.70. The zero-order valence-corrected chi connectivity index (χ0v) is 13.6. The number of anilines is 1. The van der Waals surface area contributed by atoms with Crippen LogP contribution in [0.5, 0.6) is 0 Å². The van der Waals surface area contributed by atoms with Gasteiger partial charge in [0.25, 0.3) is 5.56 Å². The number of nitrogens with one attached hydrogen (secondary N) is 1. The highest BCUT2D eigenvalue weighted by atomic mass is 79.9. The minimum Gasteiger partial charge on any atom is -0.383 e. The summed E-state index contributed by atoms with van der Waals surface area (Å²) in [5, 5.41) is 6.56. The second kappa shape index (κ2) is 7.82. The predicted molar refractivity (Wildman–Crippen MR) is 79.4 cm³/mol. The summed E-state index contributed by atoms with van der Waals surface area (Å²) in [6.45, 7) is 3.55. The minimum atomic E-state index is -4.47. The summed E-state index contributed by atoms with van der Waals surface area (Å²) in [7, 11) is 0. The maximum atomic E-state index is 12.3. The van der Waals surface area contributed by atoms with Gasteiger partial charge in [0, 0.05) is 6.54 Å². The van der Waals surface area contributed by atoms with E-state index in [2.05, 4.69) is 40.2 Å². The fourth-order valence-corrected chi connectivity index (χ4v) is 2.22. The summed E-state index contributed by atoms with van der Waals surface area (Å²) in [4.78, 5) is 11.8. The second-order valence-corrected chi connectivity index (χ2v) is 6.06. The van der Waals surface area contributed by atoms with Crippen molar-refractivity contribution in [2.24, 2.45) is 5.92 Å². The summed E-state index contributed by atoms with van der Waals surface area (Å²) < 4.78 is 37.3. The normalized spacial score (nSPS) is 12.0. The Morgan fingerprint density at radius 1 is 1.38 bits per heavy atom. The van der Waals surface area contributed by atoms with Gasteiger partial charge in [-0.2, -0.15) is 18.3 Å². The third kappa shape index (κ3) is 6.50. The first-order valence-electron chi connectivity index (χ1n) is 6.77. The summed E-state index contributed by atoms with van der Waals surface area (Å²) in [5.41, 5.74) is -0.373. The zero-order chi connectivity index (χ0) is 16.0. The lowest BCUT2D eigenvalue weighted by atomic mass is 10.1. The van der Waals surface area contributed by atoms with Crippen LogP contribution in [0.4, 0.5) is 18.9 Å². The number of unbranched alkanes of at least 4 members (excludes halogenated alkanes) is 1. The molecule has 8 heteroatoms. The third-order valence-electron chi connectivity index (χ3n) is 2.84. The molecule has 0 aliphatic carbocycles. The van der Waals surface area contributed by atoms with E-state index in [4.69, 9.17) is 0 Å². The monoisotopic (exact) mass is 369 g/mol. The molecule has 0 saturated heterocycles. The molecule has 0 aliphatic heterocycles. The first kappa shape index (κ1) is 18.0. The summed E-state index contributed by atoms with van der Waals surface area (Å²) >= 11 is 3.03. The summed E-state index contributed by atoms with van der Waals surface area (Å²) in [6, 6.07) is 0. The van der Waals surface area contributed by atoms with Crippen LogP contribution in [0.15, 0.2) is 15.5 Å². The Labute approximate surface area is 129 Å². The van der Waals surface area contributed by atoms with E-state index in [-0.39, 0.29) is 4.47 Å². The molecule has 0 aliphatic rings. The van der Waals surface area contributed by atoms with Gasteiger partial charge in [0.05, 0.1) is 11.9 Å². The Balaban J connectivity index is 2.61. The molecular formula is C13H19BrF3N3O. The highest BCUT2D eigenvalue weighted by Gasteiger charge is 2.29. The van der Waals surface area contributed by atoms with E-state index in [9.17, 15) is 18.0 Å². The van der Waals surface area contributed by atoms with Crippen LogP contribution in [0.3, 0.4) is 0 Å². The van der Waals surface area contributed by atoms with Crippen LogP contribution in [0, 0.1) is 5.92 Å². The molecule has 0 aromatic carbocycles. The number of halogens is 4. The van der Waals surface area contributed by atoms with Crippen LogP contribution in [-0.4, -0.2) is 22.5 Å². The Morgan fingerprint density at radius 2 is 2.05 bits per heavy atom. The average Bonchev–Trinajstić information content (AvgIpc) is 2.35. The van der Waals surface area contributed by atoms with Crippen molar-refractivity contribution < 1.29 is 13.2 Å². The van der Waals surface area contributed by atoms with E-state index >= 15 is 0 Å². The molecule has 1 aromatic rings. The SMILES string of the molecule is CC(C)CCCCNc1cnn(CC(F)(F)F)c(=O)c1Br. The number of aromatic nitrogens is 2. The van der Waals surface area contributed by atoms with E-state index in [1.165, 1.54) is 6.20 Å². The van der Waals surface area contributed by atoms with Gasteiger partial charge in [-0.15, -0.1) is 0 Å². The Hall–Kier alpha value is -1.05. The summed E-state index contributed by atoms with van der Waals surface area (Å²) in [6.07, 6.45) is -0.132. The smallest absolute Gasteiger partial charge is 0.383 e. The van der Waals surface area contributed by atoms with Gasteiger partial charge in [-0.05, 0) is 28.3 Å². The fraction of sp³-hybridized carbons (Fsp3) is 0.692. The molecule has 0 fully saturated rings. The van der Waals surface area contributed by atoms with Crippen molar-refractivity contribution in [3.63, 3.8) is 0 Å². The van der Waals surface area contributed by atoms with Crippen molar-refractivity contribution >= 4 is 21.6 Å². The Morgan fingerprint density at radius 3 is 2.62 bits per heavy atom. The number of hydrogen-bond acceptors (Lipinski definition) is 3. The van der Waals surface area contributed by atoms with E-state index in [1.54, 1.807) is 0 Å². The lowest BCUT2D eigenvalue weighted by Gasteiger charge is -2.12. The number of alkyl halides is 3. The standard InChI is InChI=1S/C13H19BrF3N3O/c1-9(2)5-3-4-6-18-10-7-19-20(8-13(15,16)17)12(21)11(10)14/h7,9,18H,3-6,8H2,1-2H3. The van der Waals surface area contributed by atoms with Crippen LogP contribution >= 0.6 is 15.9 Å². The molecule has 0 amide bonds. The van der Waals surface area contributed by atoms with Crippen molar-refractivity contribution in [2.45, 2.75) is 45.8 Å². The van der Waals surface area contributed by atoms with Gasteiger partial charge in [-0.25, -0.2) is 4.68 Å². The van der Waals surface area contributed by atoms with E-state index in [0.717, 1.165) is 19.3 Å². The lowest BCUT2D eigenvalue weighted by Crippen LogP contribution is -2.31. The molecular weight excluding hydrogens is 351 g/mol. The van der Waals surface area contributed by atoms with Gasteiger partial charge in [0.15, 0.2) is 0 Å². The predicted octanol–water partition coefficient (Wildman–Crippen LogP) is 3.81. The van der Waals surface area contributed by atoms with Crippen molar-refractivity contribution in [1.29, 1.82) is 0 Å². The number of nitrogens with zero attached hydrogens (tertiary/aromatic N) is 2. The number of rotatable bonds is 7. The maximum Gasteiger partial charge on any atom is 0.408 e. The molecule has 0 unspecified atom stereocenters. The van der Waals surface area contributed by atoms with Crippen molar-refractivity contribution in [1.82, 2.24) is 9.78 Å². The number of hydrogen-bond donors (Lipinski definition) is 1. The minimum absolute atomic E-state index is 0.0746. The molecule has 1 aromatic heterocycles. The molecule has 1 N–H and O–H groups in total. The van der Waals surface area contributed by atoms with Crippen LogP contribution in [-0.2, 0) is 6.54 Å². The highest BCUT2D eigenvalue weighted by Crippen LogP contribution is 2.19. The van der Waals surface area contributed by atoms with E-state index in [0.29, 0.717) is 22.8 Å². The van der Waals surface area contributed by atoms with E-state index < -0.39 is 18.3 Å². The molecule has 0 radical (unpaired) electrons. The van der Waals surface area contributed by atoms with Gasteiger partial charge >= 0.3 is 6.18 Å². The first-order valence-corrected chi connectivity index (χ1v) is 7.56. The second-order valence-electron chi connectivity index (χ2n) is 5.27. The van der Waals surface area contributed by atoms with Gasteiger partial charge in [0.2, 0.25) is 0 Å². The third-order valence-corrected chi connectivity index (χ3v) is 3.60. The molecule has 1 rings (SSSR count). The van der Waals surface area contributed by atoms with Crippen molar-refractivity contribution in [2.75, 3.05) is 11.9 Å². The van der Waals surface area contributed by atoms with Crippen molar-refractivity contribution in [3.8, 4) is 0 Å². The highest BCUT2D eigenvalue weighted by molar-refractivity contribution is 9.10. The fourth-order valence-electron chi connectivity index (χ4n) is 1.77. The molecule has 4 nitrogen and oxygen atoms in total. The molecule has 0 spiro atoms. The topological polar surface area (TPSA) is 46.9 Å². The van der Waals surface area contributed by atoms with Crippen LogP contribution in [0.2, 0.25) is 0 Å². The maximum absolute atomic E-state index is 12.3. The van der Waals surface area contributed by atoms with Gasteiger partial charge in [-0.1, -0.05) is 26.7 Å². The van der Waals surface area contributed by atoms with Crippen LogP contribution in [0.1, 0.15) is 33.1 Å². The van der Waals surface area contributed by atoms with E-state index in [1.807, 2.05) is 0 Å². The molecule has 0 bridgehead atoms. The average molecular weight is 370 g/mol. The lowest BCUT2D eigenvalue weighted by molar-refractivity contribution is -0.143. The first-order chi connectivity index (χ1) is 9.70. The van der Waals surface area contributed by atoms with Crippen LogP contribution in [0.25, 0.3) is 0 Å². The van der Waals surface area contributed by atoms with Gasteiger partial charge < -0.3 is 5.32 Å². The summed E-state index contributed by atoms with van der Waals surface area (Å²) in [5.74, 6) is 0.643. The zero-order valence-electron chi connectivity index (χ0n) is 12.0. The van der Waals surface area contributed by atoms with Gasteiger partial charge in [0.1, 0.15) is 11.0 Å². The molecule has 1 heterocycles. The molecule has 21 heavy (non-hydrogen) atoms. The molecule has 0 saturated carbocycles. The Bertz CT molecular complexity index is 514. The van der Waals surface area contributed by atoms with Gasteiger partial charge in [-0.3, -0.25) is 4.79 Å². The molecule has 0 atom stereocenters. The molecule has 120 valence electrons. The largest absolute Gasteiger partial charge is 0.408 e. The van der Waals surface area contributed by atoms with Crippen molar-refractivity contribution in [3.05, 3.63) is 21.0 Å².